The smallest absolute Gasteiger partial charge is 0.251 e. The SMILES string of the molecule is Cn1ccnc1C(NC(=O)CNC(=O)c1cccc(F)c1)c1ccc(F)cc1. The highest BCUT2D eigenvalue weighted by Gasteiger charge is 2.21. The molecule has 6 nitrogen and oxygen atoms in total. The molecule has 1 heterocycles. The summed E-state index contributed by atoms with van der Waals surface area (Å²) in [5.41, 5.74) is 0.757. The third-order valence-electron chi connectivity index (χ3n) is 4.12. The summed E-state index contributed by atoms with van der Waals surface area (Å²) in [6.07, 6.45) is 3.31. The van der Waals surface area contributed by atoms with Gasteiger partial charge in [0.05, 0.1) is 6.54 Å². The molecule has 2 N–H and O–H groups in total. The summed E-state index contributed by atoms with van der Waals surface area (Å²) in [5.74, 6) is -1.41. The molecule has 28 heavy (non-hydrogen) atoms. The van der Waals surface area contributed by atoms with Crippen LogP contribution < -0.4 is 10.6 Å². The number of hydrogen-bond acceptors (Lipinski definition) is 3. The maximum Gasteiger partial charge on any atom is 0.251 e. The van der Waals surface area contributed by atoms with Gasteiger partial charge in [-0.2, -0.15) is 0 Å². The van der Waals surface area contributed by atoms with Crippen molar-refractivity contribution in [2.75, 3.05) is 6.54 Å². The third kappa shape index (κ3) is 4.59. The lowest BCUT2D eigenvalue weighted by atomic mass is 10.1. The number of carbonyl (C=O) groups excluding carboxylic acids is 2. The maximum atomic E-state index is 13.3. The zero-order chi connectivity index (χ0) is 20.1. The van der Waals surface area contributed by atoms with Gasteiger partial charge in [0.2, 0.25) is 5.91 Å². The van der Waals surface area contributed by atoms with Gasteiger partial charge in [-0.3, -0.25) is 9.59 Å². The zero-order valence-corrected chi connectivity index (χ0v) is 15.0. The Bertz CT molecular complexity index is 986. The number of amides is 2. The first-order valence-electron chi connectivity index (χ1n) is 8.50. The van der Waals surface area contributed by atoms with Gasteiger partial charge in [-0.15, -0.1) is 0 Å². The molecule has 0 saturated heterocycles. The van der Waals surface area contributed by atoms with Gasteiger partial charge in [0, 0.05) is 25.0 Å². The van der Waals surface area contributed by atoms with Gasteiger partial charge in [-0.05, 0) is 35.9 Å². The quantitative estimate of drug-likeness (QED) is 0.685. The van der Waals surface area contributed by atoms with E-state index in [1.807, 2.05) is 0 Å². The van der Waals surface area contributed by atoms with Crippen molar-refractivity contribution < 1.29 is 18.4 Å². The van der Waals surface area contributed by atoms with Crippen molar-refractivity contribution in [3.8, 4) is 0 Å². The Labute approximate surface area is 160 Å². The minimum absolute atomic E-state index is 0.118. The van der Waals surface area contributed by atoms with E-state index in [0.717, 1.165) is 6.07 Å². The van der Waals surface area contributed by atoms with E-state index in [0.29, 0.717) is 11.4 Å². The number of benzene rings is 2. The molecule has 2 amide bonds. The first-order chi connectivity index (χ1) is 13.4. The number of halogens is 2. The monoisotopic (exact) mass is 384 g/mol. The molecule has 1 unspecified atom stereocenters. The Balaban J connectivity index is 1.70. The van der Waals surface area contributed by atoms with Gasteiger partial charge < -0.3 is 15.2 Å². The second kappa shape index (κ2) is 8.43. The van der Waals surface area contributed by atoms with Crippen LogP contribution >= 0.6 is 0 Å². The van der Waals surface area contributed by atoms with Crippen LogP contribution in [-0.2, 0) is 11.8 Å². The van der Waals surface area contributed by atoms with Crippen molar-refractivity contribution in [3.05, 3.63) is 89.5 Å². The second-order valence-electron chi connectivity index (χ2n) is 6.14. The van der Waals surface area contributed by atoms with Gasteiger partial charge in [0.1, 0.15) is 23.5 Å². The number of carbonyl (C=O) groups is 2. The van der Waals surface area contributed by atoms with Gasteiger partial charge in [-0.1, -0.05) is 18.2 Å². The molecule has 0 radical (unpaired) electrons. The number of aryl methyl sites for hydroxylation is 1. The maximum absolute atomic E-state index is 13.3. The van der Waals surface area contributed by atoms with Crippen LogP contribution in [0.4, 0.5) is 8.78 Å². The summed E-state index contributed by atoms with van der Waals surface area (Å²) in [6.45, 7) is -0.308. The molecule has 0 aliphatic carbocycles. The fourth-order valence-corrected chi connectivity index (χ4v) is 2.71. The van der Waals surface area contributed by atoms with Crippen molar-refractivity contribution >= 4 is 11.8 Å². The van der Waals surface area contributed by atoms with Crippen LogP contribution in [0.15, 0.2) is 60.9 Å². The van der Waals surface area contributed by atoms with Gasteiger partial charge >= 0.3 is 0 Å². The molecular weight excluding hydrogens is 366 g/mol. The van der Waals surface area contributed by atoms with E-state index in [9.17, 15) is 18.4 Å². The Morgan fingerprint density at radius 1 is 1.11 bits per heavy atom. The Kier molecular flexibility index (Phi) is 5.78. The zero-order valence-electron chi connectivity index (χ0n) is 15.0. The summed E-state index contributed by atoms with van der Waals surface area (Å²) in [4.78, 5) is 28.7. The van der Waals surface area contributed by atoms with Crippen LogP contribution in [0.1, 0.15) is 27.8 Å². The molecule has 0 saturated carbocycles. The minimum atomic E-state index is -0.626. The number of aromatic nitrogens is 2. The van der Waals surface area contributed by atoms with E-state index in [2.05, 4.69) is 15.6 Å². The molecule has 1 atom stereocenters. The summed E-state index contributed by atoms with van der Waals surface area (Å²) in [6, 6.07) is 10.2. The molecule has 0 bridgehead atoms. The summed E-state index contributed by atoms with van der Waals surface area (Å²) in [7, 11) is 1.77. The highest BCUT2D eigenvalue weighted by molar-refractivity contribution is 5.96. The lowest BCUT2D eigenvalue weighted by molar-refractivity contribution is -0.120. The molecular formula is C20H18F2N4O2. The van der Waals surface area contributed by atoms with Crippen LogP contribution in [0.3, 0.4) is 0 Å². The van der Waals surface area contributed by atoms with Crippen molar-refractivity contribution in [1.82, 2.24) is 20.2 Å². The standard InChI is InChI=1S/C20H18F2N4O2/c1-26-10-9-23-19(26)18(13-5-7-15(21)8-6-13)25-17(27)12-24-20(28)14-3-2-4-16(22)11-14/h2-11,18H,12H2,1H3,(H,24,28)(H,25,27). The predicted octanol–water partition coefficient (Wildman–Crippen LogP) is 2.33. The topological polar surface area (TPSA) is 76.0 Å². The molecule has 0 aliphatic heterocycles. The summed E-state index contributed by atoms with van der Waals surface area (Å²) in [5, 5.41) is 5.23. The minimum Gasteiger partial charge on any atom is -0.343 e. The van der Waals surface area contributed by atoms with E-state index in [1.165, 1.54) is 30.3 Å². The van der Waals surface area contributed by atoms with E-state index in [1.54, 1.807) is 36.1 Å². The summed E-state index contributed by atoms with van der Waals surface area (Å²) >= 11 is 0. The van der Waals surface area contributed by atoms with Gasteiger partial charge in [-0.25, -0.2) is 13.8 Å². The van der Waals surface area contributed by atoms with Crippen LogP contribution in [0.25, 0.3) is 0 Å². The lowest BCUT2D eigenvalue weighted by Crippen LogP contribution is -2.39. The van der Waals surface area contributed by atoms with Crippen LogP contribution in [0.2, 0.25) is 0 Å². The molecule has 144 valence electrons. The van der Waals surface area contributed by atoms with Crippen molar-refractivity contribution in [3.63, 3.8) is 0 Å². The van der Waals surface area contributed by atoms with Crippen molar-refractivity contribution in [2.45, 2.75) is 6.04 Å². The van der Waals surface area contributed by atoms with Gasteiger partial charge in [0.15, 0.2) is 0 Å². The highest BCUT2D eigenvalue weighted by Crippen LogP contribution is 2.20. The van der Waals surface area contributed by atoms with Crippen molar-refractivity contribution in [1.29, 1.82) is 0 Å². The molecule has 2 aromatic carbocycles. The average Bonchev–Trinajstić information content (AvgIpc) is 3.10. The predicted molar refractivity (Wildman–Crippen MR) is 98.3 cm³/mol. The van der Waals surface area contributed by atoms with Crippen LogP contribution in [-0.4, -0.2) is 27.9 Å². The second-order valence-corrected chi connectivity index (χ2v) is 6.14. The molecule has 3 aromatic rings. The molecule has 0 aliphatic rings. The Morgan fingerprint density at radius 2 is 1.86 bits per heavy atom. The Hall–Kier alpha value is -3.55. The van der Waals surface area contributed by atoms with Crippen molar-refractivity contribution in [2.24, 2.45) is 7.05 Å². The lowest BCUT2D eigenvalue weighted by Gasteiger charge is -2.19. The van der Waals surface area contributed by atoms with Gasteiger partial charge in [0.25, 0.3) is 5.91 Å². The van der Waals surface area contributed by atoms with E-state index < -0.39 is 29.5 Å². The third-order valence-corrected chi connectivity index (χ3v) is 4.12. The fourth-order valence-electron chi connectivity index (χ4n) is 2.71. The summed E-state index contributed by atoms with van der Waals surface area (Å²) < 4.78 is 28.2. The fraction of sp³-hybridized carbons (Fsp3) is 0.150. The van der Waals surface area contributed by atoms with E-state index in [4.69, 9.17) is 0 Å². The normalized spacial score (nSPS) is 11.7. The van der Waals surface area contributed by atoms with E-state index >= 15 is 0 Å². The Morgan fingerprint density at radius 3 is 2.50 bits per heavy atom. The first kappa shape index (κ1) is 19.2. The largest absolute Gasteiger partial charge is 0.343 e. The van der Waals surface area contributed by atoms with E-state index in [-0.39, 0.29) is 12.1 Å². The average molecular weight is 384 g/mol. The number of hydrogen-bond donors (Lipinski definition) is 2. The molecule has 8 heteroatoms. The molecule has 0 spiro atoms. The molecule has 3 rings (SSSR count). The van der Waals surface area contributed by atoms with Crippen LogP contribution in [0, 0.1) is 11.6 Å². The number of nitrogens with one attached hydrogen (secondary N) is 2. The first-order valence-corrected chi connectivity index (χ1v) is 8.50. The van der Waals surface area contributed by atoms with Crippen LogP contribution in [0.5, 0.6) is 0 Å². The molecule has 0 fully saturated rings. The number of nitrogens with zero attached hydrogens (tertiary/aromatic N) is 2. The highest BCUT2D eigenvalue weighted by atomic mass is 19.1. The number of imidazole rings is 1. The molecule has 1 aromatic heterocycles. The number of rotatable bonds is 6.